The monoisotopic (exact) mass is 719 g/mol. The van der Waals surface area contributed by atoms with Crippen molar-refractivity contribution in [3.05, 3.63) is 86.8 Å². The van der Waals surface area contributed by atoms with Gasteiger partial charge in [-0.1, -0.05) is 58.6 Å². The molecule has 3 aromatic rings. The summed E-state index contributed by atoms with van der Waals surface area (Å²) < 4.78 is 35.9. The molecule has 0 radical (unpaired) electrons. The van der Waals surface area contributed by atoms with E-state index in [0.29, 0.717) is 15.9 Å². The van der Waals surface area contributed by atoms with Crippen LogP contribution in [0.2, 0.25) is 0 Å². The standard InChI is InChI=1S/C31H35Br2N3O5S/c1-21-8-14-26(15-9-21)36(42(39,40)27-16-17-29(41-3)28(33)18-27)20-30(37)35(19-23-10-12-24(32)13-11-23)22(2)31(38)34-25-6-4-5-7-25/h8-18,22,25H,4-7,19-20H2,1-3H3,(H,34,38). The Bertz CT molecular complexity index is 1510. The quantitative estimate of drug-likeness (QED) is 0.255. The zero-order valence-electron chi connectivity index (χ0n) is 23.8. The molecule has 0 heterocycles. The van der Waals surface area contributed by atoms with Gasteiger partial charge in [0.2, 0.25) is 11.8 Å². The molecule has 0 aromatic heterocycles. The van der Waals surface area contributed by atoms with E-state index < -0.39 is 28.5 Å². The highest BCUT2D eigenvalue weighted by molar-refractivity contribution is 9.10. The topological polar surface area (TPSA) is 96.0 Å². The lowest BCUT2D eigenvalue weighted by Gasteiger charge is -2.32. The van der Waals surface area contributed by atoms with Crippen molar-refractivity contribution >= 4 is 59.4 Å². The van der Waals surface area contributed by atoms with Crippen molar-refractivity contribution in [2.75, 3.05) is 18.0 Å². The van der Waals surface area contributed by atoms with Gasteiger partial charge < -0.3 is 15.0 Å². The van der Waals surface area contributed by atoms with Crippen molar-refractivity contribution in [2.45, 2.75) is 63.1 Å². The van der Waals surface area contributed by atoms with Gasteiger partial charge in [-0.25, -0.2) is 8.42 Å². The largest absolute Gasteiger partial charge is 0.496 e. The molecule has 0 saturated heterocycles. The first kappa shape index (κ1) is 32.0. The molecule has 1 saturated carbocycles. The van der Waals surface area contributed by atoms with Crippen LogP contribution in [0.3, 0.4) is 0 Å². The van der Waals surface area contributed by atoms with E-state index in [1.54, 1.807) is 37.3 Å². The normalized spacial score (nSPS) is 14.3. The molecule has 42 heavy (non-hydrogen) atoms. The molecule has 1 fully saturated rings. The van der Waals surface area contributed by atoms with E-state index in [1.165, 1.54) is 24.1 Å². The van der Waals surface area contributed by atoms with E-state index in [1.807, 2.05) is 31.2 Å². The number of rotatable bonds is 11. The van der Waals surface area contributed by atoms with E-state index in [-0.39, 0.29) is 23.4 Å². The van der Waals surface area contributed by atoms with E-state index in [4.69, 9.17) is 4.74 Å². The lowest BCUT2D eigenvalue weighted by Crippen LogP contribution is -2.52. The van der Waals surface area contributed by atoms with Crippen molar-refractivity contribution in [1.82, 2.24) is 10.2 Å². The Labute approximate surface area is 264 Å². The third-order valence-electron chi connectivity index (χ3n) is 7.45. The van der Waals surface area contributed by atoms with Gasteiger partial charge in [0.25, 0.3) is 10.0 Å². The van der Waals surface area contributed by atoms with Crippen LogP contribution in [0.4, 0.5) is 5.69 Å². The Hall–Kier alpha value is -2.89. The Balaban J connectivity index is 1.69. The molecule has 0 spiro atoms. The van der Waals surface area contributed by atoms with Gasteiger partial charge in [-0.3, -0.25) is 13.9 Å². The minimum Gasteiger partial charge on any atom is -0.496 e. The number of ether oxygens (including phenoxy) is 1. The average molecular weight is 722 g/mol. The number of amides is 2. The molecule has 0 bridgehead atoms. The first-order valence-electron chi connectivity index (χ1n) is 13.8. The Morgan fingerprint density at radius 2 is 1.64 bits per heavy atom. The third-order valence-corrected chi connectivity index (χ3v) is 10.4. The van der Waals surface area contributed by atoms with Gasteiger partial charge >= 0.3 is 0 Å². The summed E-state index contributed by atoms with van der Waals surface area (Å²) in [5.41, 5.74) is 2.10. The fraction of sp³-hybridized carbons (Fsp3) is 0.355. The second-order valence-electron chi connectivity index (χ2n) is 10.5. The number of hydrogen-bond acceptors (Lipinski definition) is 5. The molecular formula is C31H35Br2N3O5S. The first-order valence-corrected chi connectivity index (χ1v) is 16.8. The highest BCUT2D eigenvalue weighted by Gasteiger charge is 2.33. The van der Waals surface area contributed by atoms with Crippen LogP contribution in [0, 0.1) is 6.92 Å². The average Bonchev–Trinajstić information content (AvgIpc) is 3.48. The summed E-state index contributed by atoms with van der Waals surface area (Å²) in [7, 11) is -2.70. The number of carbonyl (C=O) groups is 2. The number of aryl methyl sites for hydroxylation is 1. The maximum Gasteiger partial charge on any atom is 0.264 e. The van der Waals surface area contributed by atoms with Gasteiger partial charge in [-0.05, 0) is 90.6 Å². The predicted molar refractivity (Wildman–Crippen MR) is 171 cm³/mol. The van der Waals surface area contributed by atoms with Gasteiger partial charge in [-0.15, -0.1) is 0 Å². The van der Waals surface area contributed by atoms with Crippen LogP contribution in [0.5, 0.6) is 5.75 Å². The molecule has 3 aromatic carbocycles. The number of carbonyl (C=O) groups excluding carboxylic acids is 2. The van der Waals surface area contributed by atoms with Crippen LogP contribution in [0.25, 0.3) is 0 Å². The molecule has 11 heteroatoms. The molecule has 1 atom stereocenters. The van der Waals surface area contributed by atoms with Gasteiger partial charge in [0.1, 0.15) is 18.3 Å². The minimum atomic E-state index is -4.19. The second kappa shape index (κ2) is 14.1. The molecule has 224 valence electrons. The molecular weight excluding hydrogens is 686 g/mol. The smallest absolute Gasteiger partial charge is 0.264 e. The van der Waals surface area contributed by atoms with Crippen LogP contribution in [0.1, 0.15) is 43.7 Å². The van der Waals surface area contributed by atoms with Crippen molar-refractivity contribution in [3.63, 3.8) is 0 Å². The third kappa shape index (κ3) is 7.73. The summed E-state index contributed by atoms with van der Waals surface area (Å²) >= 11 is 6.80. The summed E-state index contributed by atoms with van der Waals surface area (Å²) in [6, 6.07) is 18.1. The molecule has 1 unspecified atom stereocenters. The van der Waals surface area contributed by atoms with E-state index in [9.17, 15) is 18.0 Å². The summed E-state index contributed by atoms with van der Waals surface area (Å²) in [5, 5.41) is 3.08. The highest BCUT2D eigenvalue weighted by Crippen LogP contribution is 2.31. The molecule has 1 aliphatic rings. The number of methoxy groups -OCH3 is 1. The number of nitrogens with zero attached hydrogens (tertiary/aromatic N) is 2. The Kier molecular flexibility index (Phi) is 10.7. The highest BCUT2D eigenvalue weighted by atomic mass is 79.9. The van der Waals surface area contributed by atoms with E-state index in [0.717, 1.165) is 45.6 Å². The van der Waals surface area contributed by atoms with Gasteiger partial charge in [0, 0.05) is 17.1 Å². The molecule has 1 aliphatic carbocycles. The van der Waals surface area contributed by atoms with E-state index in [2.05, 4.69) is 37.2 Å². The maximum atomic E-state index is 14.1. The first-order chi connectivity index (χ1) is 20.0. The maximum absolute atomic E-state index is 14.1. The number of anilines is 1. The summed E-state index contributed by atoms with van der Waals surface area (Å²) in [6.45, 7) is 3.24. The fourth-order valence-electron chi connectivity index (χ4n) is 4.94. The molecule has 2 amide bonds. The van der Waals surface area contributed by atoms with Crippen LogP contribution in [0.15, 0.2) is 80.6 Å². The number of sulfonamides is 1. The van der Waals surface area contributed by atoms with Crippen molar-refractivity contribution in [1.29, 1.82) is 0 Å². The number of nitrogens with one attached hydrogen (secondary N) is 1. The zero-order chi connectivity index (χ0) is 30.4. The summed E-state index contributed by atoms with van der Waals surface area (Å²) in [6.07, 6.45) is 3.95. The van der Waals surface area contributed by atoms with Crippen LogP contribution < -0.4 is 14.4 Å². The van der Waals surface area contributed by atoms with Crippen LogP contribution in [-0.4, -0.2) is 50.9 Å². The minimum absolute atomic E-state index is 0.00460. The SMILES string of the molecule is COc1ccc(S(=O)(=O)N(CC(=O)N(Cc2ccc(Br)cc2)C(C)C(=O)NC2CCCC2)c2ccc(C)cc2)cc1Br. The summed E-state index contributed by atoms with van der Waals surface area (Å²) in [5.74, 6) is -0.269. The van der Waals surface area contributed by atoms with Gasteiger partial charge in [0.15, 0.2) is 0 Å². The zero-order valence-corrected chi connectivity index (χ0v) is 27.8. The Morgan fingerprint density at radius 1 is 1.00 bits per heavy atom. The number of halogens is 2. The Morgan fingerprint density at radius 3 is 2.24 bits per heavy atom. The molecule has 0 aliphatic heterocycles. The second-order valence-corrected chi connectivity index (χ2v) is 14.1. The lowest BCUT2D eigenvalue weighted by molar-refractivity contribution is -0.139. The number of hydrogen-bond donors (Lipinski definition) is 1. The lowest BCUT2D eigenvalue weighted by atomic mass is 10.1. The van der Waals surface area contributed by atoms with Crippen molar-refractivity contribution < 1.29 is 22.7 Å². The predicted octanol–water partition coefficient (Wildman–Crippen LogP) is 6.20. The number of benzene rings is 3. The van der Waals surface area contributed by atoms with Crippen LogP contribution >= 0.6 is 31.9 Å². The van der Waals surface area contributed by atoms with E-state index >= 15 is 0 Å². The molecule has 1 N–H and O–H groups in total. The van der Waals surface area contributed by atoms with Crippen molar-refractivity contribution in [2.24, 2.45) is 0 Å². The summed E-state index contributed by atoms with van der Waals surface area (Å²) in [4.78, 5) is 28.9. The van der Waals surface area contributed by atoms with Gasteiger partial charge in [-0.2, -0.15) is 0 Å². The van der Waals surface area contributed by atoms with Crippen molar-refractivity contribution in [3.8, 4) is 5.75 Å². The van der Waals surface area contributed by atoms with Crippen LogP contribution in [-0.2, 0) is 26.2 Å². The molecule has 4 rings (SSSR count). The fourth-order valence-corrected chi connectivity index (χ4v) is 7.33. The molecule has 8 nitrogen and oxygen atoms in total. The van der Waals surface area contributed by atoms with Gasteiger partial charge in [0.05, 0.1) is 22.2 Å².